The number of anilines is 1. The van der Waals surface area contributed by atoms with Gasteiger partial charge in [0.15, 0.2) is 5.82 Å². The van der Waals surface area contributed by atoms with Crippen molar-refractivity contribution in [1.29, 1.82) is 0 Å². The average molecular weight is 375 g/mol. The zero-order chi connectivity index (χ0) is 17.8. The number of nitro groups is 1. The van der Waals surface area contributed by atoms with Crippen LogP contribution in [-0.2, 0) is 4.79 Å². The van der Waals surface area contributed by atoms with Crippen LogP contribution in [0, 0.1) is 10.1 Å². The van der Waals surface area contributed by atoms with Gasteiger partial charge in [-0.05, 0) is 24.4 Å². The maximum atomic E-state index is 12.3. The van der Waals surface area contributed by atoms with Crippen LogP contribution in [0.1, 0.15) is 6.92 Å². The highest BCUT2D eigenvalue weighted by Crippen LogP contribution is 2.26. The fourth-order valence-electron chi connectivity index (χ4n) is 1.98. The molecule has 1 unspecified atom stereocenters. The molecule has 25 heavy (non-hydrogen) atoms. The summed E-state index contributed by atoms with van der Waals surface area (Å²) in [4.78, 5) is 27.9. The predicted molar refractivity (Wildman–Crippen MR) is 96.7 cm³/mol. The van der Waals surface area contributed by atoms with E-state index in [9.17, 15) is 14.9 Å². The number of nitrogens with one attached hydrogen (secondary N) is 2. The number of non-ortho nitro benzene ring substituents is 1. The van der Waals surface area contributed by atoms with E-state index in [0.29, 0.717) is 16.7 Å². The van der Waals surface area contributed by atoms with E-state index in [2.05, 4.69) is 20.5 Å². The van der Waals surface area contributed by atoms with E-state index in [4.69, 9.17) is 0 Å². The molecule has 0 spiro atoms. The Morgan fingerprint density at radius 2 is 2.24 bits per heavy atom. The largest absolute Gasteiger partial charge is 0.325 e. The van der Waals surface area contributed by atoms with Crippen LogP contribution >= 0.6 is 23.1 Å². The molecule has 2 heterocycles. The molecule has 8 nitrogen and oxygen atoms in total. The number of aromatic nitrogens is 3. The molecule has 3 rings (SSSR count). The molecule has 0 bridgehead atoms. The fraction of sp³-hybridized carbons (Fsp3) is 0.133. The zero-order valence-corrected chi connectivity index (χ0v) is 14.6. The van der Waals surface area contributed by atoms with Gasteiger partial charge < -0.3 is 5.32 Å². The number of nitrogens with zero attached hydrogens (tertiary/aromatic N) is 3. The Labute approximate surface area is 150 Å². The summed E-state index contributed by atoms with van der Waals surface area (Å²) in [6.45, 7) is 1.72. The van der Waals surface area contributed by atoms with E-state index < -0.39 is 10.2 Å². The first-order valence-electron chi connectivity index (χ1n) is 7.21. The van der Waals surface area contributed by atoms with Crippen molar-refractivity contribution in [3.8, 4) is 10.7 Å². The first-order chi connectivity index (χ1) is 12.0. The fourth-order valence-corrected chi connectivity index (χ4v) is 3.36. The van der Waals surface area contributed by atoms with Crippen LogP contribution in [0.2, 0.25) is 0 Å². The number of amides is 1. The highest BCUT2D eigenvalue weighted by Gasteiger charge is 2.18. The van der Waals surface area contributed by atoms with Crippen LogP contribution in [0.15, 0.2) is 46.9 Å². The number of carbonyl (C=O) groups excluding carboxylic acids is 1. The van der Waals surface area contributed by atoms with E-state index in [1.165, 1.54) is 30.0 Å². The number of rotatable bonds is 6. The summed E-state index contributed by atoms with van der Waals surface area (Å²) < 4.78 is 0. The van der Waals surface area contributed by atoms with Crippen molar-refractivity contribution in [1.82, 2.24) is 15.2 Å². The van der Waals surface area contributed by atoms with Gasteiger partial charge in [0.25, 0.3) is 5.69 Å². The number of aromatic amines is 1. The number of thiophene rings is 1. The highest BCUT2D eigenvalue weighted by molar-refractivity contribution is 8.00. The summed E-state index contributed by atoms with van der Waals surface area (Å²) in [5, 5.41) is 22.3. The van der Waals surface area contributed by atoms with Gasteiger partial charge in [0.1, 0.15) is 0 Å². The molecule has 0 aliphatic heterocycles. The molecule has 2 aromatic heterocycles. The Morgan fingerprint density at radius 1 is 1.40 bits per heavy atom. The maximum Gasteiger partial charge on any atom is 0.271 e. The van der Waals surface area contributed by atoms with Gasteiger partial charge in [0.2, 0.25) is 11.1 Å². The van der Waals surface area contributed by atoms with Gasteiger partial charge in [-0.3, -0.25) is 20.0 Å². The molecular weight excluding hydrogens is 362 g/mol. The van der Waals surface area contributed by atoms with Crippen LogP contribution < -0.4 is 5.32 Å². The monoisotopic (exact) mass is 375 g/mol. The van der Waals surface area contributed by atoms with Gasteiger partial charge in [-0.25, -0.2) is 4.98 Å². The van der Waals surface area contributed by atoms with E-state index in [0.717, 1.165) is 4.88 Å². The van der Waals surface area contributed by atoms with Crippen molar-refractivity contribution < 1.29 is 9.72 Å². The van der Waals surface area contributed by atoms with Crippen molar-refractivity contribution in [3.05, 3.63) is 51.9 Å². The molecule has 10 heteroatoms. The molecule has 1 amide bonds. The standard InChI is InChI=1S/C15H13N5O3S2/c1-9(14(21)16-10-4-2-5-11(8-10)20(22)23)25-15-17-13(18-19-15)12-6-3-7-24-12/h2-9H,1H3,(H,16,21)(H,17,18,19). The van der Waals surface area contributed by atoms with Crippen LogP contribution in [0.3, 0.4) is 0 Å². The predicted octanol–water partition coefficient (Wildman–Crippen LogP) is 3.56. The lowest BCUT2D eigenvalue weighted by molar-refractivity contribution is -0.384. The second-order valence-corrected chi connectivity index (χ2v) is 7.26. The molecule has 0 aliphatic rings. The SMILES string of the molecule is CC(Sc1n[nH]c(-c2cccs2)n1)C(=O)Nc1cccc([N+](=O)[O-])c1. The summed E-state index contributed by atoms with van der Waals surface area (Å²) in [5.41, 5.74) is 0.300. The quantitative estimate of drug-likeness (QED) is 0.387. The smallest absolute Gasteiger partial charge is 0.271 e. The Bertz CT molecular complexity index is 894. The number of H-pyrrole nitrogens is 1. The van der Waals surface area contributed by atoms with E-state index >= 15 is 0 Å². The van der Waals surface area contributed by atoms with E-state index in [-0.39, 0.29) is 11.6 Å². The molecule has 0 aliphatic carbocycles. The summed E-state index contributed by atoms with van der Waals surface area (Å²) in [7, 11) is 0. The molecule has 0 radical (unpaired) electrons. The molecule has 3 aromatic rings. The van der Waals surface area contributed by atoms with Crippen LogP contribution in [0.5, 0.6) is 0 Å². The van der Waals surface area contributed by atoms with Crippen LogP contribution in [-0.4, -0.2) is 31.3 Å². The van der Waals surface area contributed by atoms with Gasteiger partial charge in [-0.1, -0.05) is 23.9 Å². The lowest BCUT2D eigenvalue weighted by Gasteiger charge is -2.09. The minimum atomic E-state index is -0.506. The third-order valence-corrected chi connectivity index (χ3v) is 5.03. The third-order valence-electron chi connectivity index (χ3n) is 3.20. The Kier molecular flexibility index (Phi) is 5.10. The number of carbonyl (C=O) groups is 1. The van der Waals surface area contributed by atoms with Crippen molar-refractivity contribution >= 4 is 40.4 Å². The number of nitro benzene ring substituents is 1. The molecule has 128 valence electrons. The summed E-state index contributed by atoms with van der Waals surface area (Å²) in [6.07, 6.45) is 0. The topological polar surface area (TPSA) is 114 Å². The zero-order valence-electron chi connectivity index (χ0n) is 13.0. The molecule has 2 N–H and O–H groups in total. The van der Waals surface area contributed by atoms with Crippen molar-refractivity contribution in [3.63, 3.8) is 0 Å². The van der Waals surface area contributed by atoms with Crippen molar-refractivity contribution in [2.75, 3.05) is 5.32 Å². The number of hydrogen-bond donors (Lipinski definition) is 2. The Hall–Kier alpha value is -2.72. The number of hydrogen-bond acceptors (Lipinski definition) is 7. The number of thioether (sulfide) groups is 1. The molecular formula is C15H13N5O3S2. The normalized spacial score (nSPS) is 11.9. The van der Waals surface area contributed by atoms with E-state index in [1.807, 2.05) is 17.5 Å². The molecule has 1 aromatic carbocycles. The summed E-state index contributed by atoms with van der Waals surface area (Å²) in [5.74, 6) is 0.372. The van der Waals surface area contributed by atoms with Gasteiger partial charge >= 0.3 is 0 Å². The van der Waals surface area contributed by atoms with Gasteiger partial charge in [-0.2, -0.15) is 0 Å². The summed E-state index contributed by atoms with van der Waals surface area (Å²) in [6, 6.07) is 9.66. The lowest BCUT2D eigenvalue weighted by Crippen LogP contribution is -2.22. The second kappa shape index (κ2) is 7.45. The second-order valence-electron chi connectivity index (χ2n) is 5.00. The molecule has 0 fully saturated rings. The minimum absolute atomic E-state index is 0.0762. The lowest BCUT2D eigenvalue weighted by atomic mass is 10.2. The third kappa shape index (κ3) is 4.22. The number of benzene rings is 1. The minimum Gasteiger partial charge on any atom is -0.325 e. The van der Waals surface area contributed by atoms with Crippen LogP contribution in [0.25, 0.3) is 10.7 Å². The highest BCUT2D eigenvalue weighted by atomic mass is 32.2. The van der Waals surface area contributed by atoms with Gasteiger partial charge in [0.05, 0.1) is 15.1 Å². The molecule has 0 saturated carbocycles. The molecule has 0 saturated heterocycles. The van der Waals surface area contributed by atoms with Gasteiger partial charge in [-0.15, -0.1) is 16.4 Å². The Balaban J connectivity index is 1.63. The first kappa shape index (κ1) is 17.1. The first-order valence-corrected chi connectivity index (χ1v) is 8.97. The van der Waals surface area contributed by atoms with E-state index in [1.54, 1.807) is 24.3 Å². The van der Waals surface area contributed by atoms with Crippen molar-refractivity contribution in [2.45, 2.75) is 17.3 Å². The summed E-state index contributed by atoms with van der Waals surface area (Å²) >= 11 is 2.75. The molecule has 1 atom stereocenters. The average Bonchev–Trinajstić information content (AvgIpc) is 3.26. The maximum absolute atomic E-state index is 12.3. The Morgan fingerprint density at radius 3 is 2.96 bits per heavy atom. The van der Waals surface area contributed by atoms with Gasteiger partial charge in [0, 0.05) is 17.8 Å². The van der Waals surface area contributed by atoms with Crippen molar-refractivity contribution in [2.24, 2.45) is 0 Å². The van der Waals surface area contributed by atoms with Crippen LogP contribution in [0.4, 0.5) is 11.4 Å².